The third-order valence-electron chi connectivity index (χ3n) is 0.697. The Labute approximate surface area is 87.3 Å². The summed E-state index contributed by atoms with van der Waals surface area (Å²) < 4.78 is 0. The molecule has 50 valence electrons. The molecule has 5 heteroatoms. The van der Waals surface area contributed by atoms with Gasteiger partial charge < -0.3 is 6.53 Å². The van der Waals surface area contributed by atoms with Gasteiger partial charge in [-0.2, -0.15) is 0 Å². The molecule has 0 bridgehead atoms. The van der Waals surface area contributed by atoms with Gasteiger partial charge in [-0.05, 0) is 6.92 Å². The van der Waals surface area contributed by atoms with Gasteiger partial charge in [0, 0.05) is 0 Å². The standard InChI is InChI=1S/C4H6Cl2O2.Na.H/c1-4(6,2-5)3(7)8;;/h2H2,1H3,(H,7,8);;/q;+1;-1. The van der Waals surface area contributed by atoms with Crippen LogP contribution in [-0.4, -0.2) is 21.8 Å². The van der Waals surface area contributed by atoms with E-state index in [1.54, 1.807) is 0 Å². The van der Waals surface area contributed by atoms with Crippen LogP contribution in [-0.2, 0) is 4.79 Å². The van der Waals surface area contributed by atoms with E-state index in [1.807, 2.05) is 0 Å². The number of alkyl halides is 2. The van der Waals surface area contributed by atoms with Crippen molar-refractivity contribution in [2.24, 2.45) is 0 Å². The van der Waals surface area contributed by atoms with Crippen molar-refractivity contribution in [2.45, 2.75) is 11.8 Å². The van der Waals surface area contributed by atoms with E-state index in [1.165, 1.54) is 6.92 Å². The van der Waals surface area contributed by atoms with Crippen molar-refractivity contribution < 1.29 is 40.9 Å². The molecule has 9 heavy (non-hydrogen) atoms. The normalized spacial score (nSPS) is 15.4. The van der Waals surface area contributed by atoms with E-state index in [0.717, 1.165) is 0 Å². The number of halogens is 2. The summed E-state index contributed by atoms with van der Waals surface area (Å²) in [6, 6.07) is 0. The van der Waals surface area contributed by atoms with Crippen molar-refractivity contribution in [3.8, 4) is 0 Å². The second-order valence-electron chi connectivity index (χ2n) is 1.64. The number of carboxylic acid groups (broad SMARTS) is 1. The Morgan fingerprint density at radius 2 is 2.22 bits per heavy atom. The monoisotopic (exact) mass is 180 g/mol. The maximum absolute atomic E-state index is 10.0. The fraction of sp³-hybridized carbons (Fsp3) is 0.750. The van der Waals surface area contributed by atoms with Gasteiger partial charge in [-0.1, -0.05) is 0 Å². The van der Waals surface area contributed by atoms with Crippen molar-refractivity contribution in [1.82, 2.24) is 0 Å². The maximum Gasteiger partial charge on any atom is 1.00 e. The van der Waals surface area contributed by atoms with Crippen LogP contribution in [0.4, 0.5) is 0 Å². The Bertz CT molecular complexity index is 109. The van der Waals surface area contributed by atoms with Gasteiger partial charge >= 0.3 is 35.5 Å². The summed E-state index contributed by atoms with van der Waals surface area (Å²) in [6.45, 7) is 1.35. The van der Waals surface area contributed by atoms with Crippen LogP contribution in [0.1, 0.15) is 8.35 Å². The van der Waals surface area contributed by atoms with Gasteiger partial charge in [0.15, 0.2) is 4.87 Å². The van der Waals surface area contributed by atoms with Crippen molar-refractivity contribution in [1.29, 1.82) is 0 Å². The van der Waals surface area contributed by atoms with Crippen LogP contribution < -0.4 is 29.6 Å². The Hall–Kier alpha value is 1.05. The molecule has 0 heterocycles. The molecule has 1 N–H and O–H groups in total. The average molecular weight is 181 g/mol. The number of aliphatic carboxylic acids is 1. The Kier molecular flexibility index (Phi) is 6.78. The molecular weight excluding hydrogens is 174 g/mol. The SMILES string of the molecule is CC(Cl)(CCl)C(=O)O.[H-].[Na+]. The number of rotatable bonds is 2. The maximum atomic E-state index is 10.0. The molecule has 0 aliphatic carbocycles. The minimum atomic E-state index is -1.30. The predicted octanol–water partition coefficient (Wildman–Crippen LogP) is -1.58. The second-order valence-corrected chi connectivity index (χ2v) is 2.74. The van der Waals surface area contributed by atoms with Crippen LogP contribution in [0.2, 0.25) is 0 Å². The molecule has 1 unspecified atom stereocenters. The molecular formula is C4H7Cl2NaO2. The molecule has 0 aromatic heterocycles. The van der Waals surface area contributed by atoms with Crippen molar-refractivity contribution in [3.63, 3.8) is 0 Å². The molecule has 0 aliphatic heterocycles. The van der Waals surface area contributed by atoms with Crippen LogP contribution in [0.15, 0.2) is 0 Å². The minimum Gasteiger partial charge on any atom is -1.00 e. The van der Waals surface area contributed by atoms with E-state index in [9.17, 15) is 4.79 Å². The van der Waals surface area contributed by atoms with Gasteiger partial charge in [0.2, 0.25) is 0 Å². The van der Waals surface area contributed by atoms with Gasteiger partial charge in [0.25, 0.3) is 0 Å². The van der Waals surface area contributed by atoms with Crippen LogP contribution in [0.3, 0.4) is 0 Å². The van der Waals surface area contributed by atoms with Crippen LogP contribution in [0.25, 0.3) is 0 Å². The minimum absolute atomic E-state index is 0. The number of carboxylic acids is 1. The average Bonchev–Trinajstić information content (AvgIpc) is 1.67. The predicted molar refractivity (Wildman–Crippen MR) is 33.7 cm³/mol. The fourth-order valence-electron chi connectivity index (χ4n) is 0.0572. The van der Waals surface area contributed by atoms with Crippen molar-refractivity contribution in [3.05, 3.63) is 0 Å². The fourth-order valence-corrected chi connectivity index (χ4v) is 0.171. The summed E-state index contributed by atoms with van der Waals surface area (Å²) in [5.74, 6) is -1.17. The first-order valence-electron chi connectivity index (χ1n) is 1.99. The Morgan fingerprint density at radius 3 is 2.22 bits per heavy atom. The van der Waals surface area contributed by atoms with E-state index in [0.29, 0.717) is 0 Å². The molecule has 0 aliphatic rings. The molecule has 0 aromatic carbocycles. The molecule has 0 saturated heterocycles. The molecule has 0 amide bonds. The zero-order valence-corrected chi connectivity index (χ0v) is 8.83. The molecule has 0 fully saturated rings. The van der Waals surface area contributed by atoms with Gasteiger partial charge in [0.05, 0.1) is 5.88 Å². The van der Waals surface area contributed by atoms with Gasteiger partial charge in [0.1, 0.15) is 0 Å². The van der Waals surface area contributed by atoms with E-state index in [-0.39, 0.29) is 36.9 Å². The third kappa shape index (κ3) is 4.45. The molecule has 0 aromatic rings. The first-order chi connectivity index (χ1) is 3.50. The molecule has 1 atom stereocenters. The topological polar surface area (TPSA) is 37.3 Å². The van der Waals surface area contributed by atoms with E-state index in [4.69, 9.17) is 28.3 Å². The smallest absolute Gasteiger partial charge is 1.00 e. The second kappa shape index (κ2) is 4.80. The van der Waals surface area contributed by atoms with Gasteiger partial charge in [-0.3, -0.25) is 4.79 Å². The summed E-state index contributed by atoms with van der Waals surface area (Å²) in [5, 5.41) is 8.22. The van der Waals surface area contributed by atoms with Crippen LogP contribution >= 0.6 is 23.2 Å². The van der Waals surface area contributed by atoms with Crippen molar-refractivity contribution >= 4 is 29.2 Å². The summed E-state index contributed by atoms with van der Waals surface area (Å²) >= 11 is 10.5. The summed E-state index contributed by atoms with van der Waals surface area (Å²) in [7, 11) is 0. The van der Waals surface area contributed by atoms with Gasteiger partial charge in [-0.25, -0.2) is 0 Å². The van der Waals surface area contributed by atoms with E-state index in [2.05, 4.69) is 0 Å². The molecule has 0 radical (unpaired) electrons. The zero-order valence-electron chi connectivity index (χ0n) is 6.32. The van der Waals surface area contributed by atoms with Gasteiger partial charge in [-0.15, -0.1) is 23.2 Å². The first-order valence-corrected chi connectivity index (χ1v) is 2.90. The molecule has 2 nitrogen and oxygen atoms in total. The molecule has 0 spiro atoms. The van der Waals surface area contributed by atoms with Crippen LogP contribution in [0, 0.1) is 0 Å². The summed E-state index contributed by atoms with van der Waals surface area (Å²) in [4.78, 5) is 8.73. The van der Waals surface area contributed by atoms with Crippen LogP contribution in [0.5, 0.6) is 0 Å². The quantitative estimate of drug-likeness (QED) is 0.412. The van der Waals surface area contributed by atoms with Crippen molar-refractivity contribution in [2.75, 3.05) is 5.88 Å². The van der Waals surface area contributed by atoms with E-state index >= 15 is 0 Å². The number of hydrogen-bond donors (Lipinski definition) is 1. The Balaban J connectivity index is -0.000000245. The third-order valence-corrected chi connectivity index (χ3v) is 1.66. The Morgan fingerprint density at radius 1 is 1.89 bits per heavy atom. The molecule has 0 rings (SSSR count). The number of carbonyl (C=O) groups is 1. The first kappa shape index (κ1) is 12.7. The number of hydrogen-bond acceptors (Lipinski definition) is 1. The largest absolute Gasteiger partial charge is 1.00 e. The van der Waals surface area contributed by atoms with E-state index < -0.39 is 10.8 Å². The zero-order chi connectivity index (χ0) is 6.78. The summed E-state index contributed by atoms with van der Waals surface area (Å²) in [5.41, 5.74) is 0. The molecule has 0 saturated carbocycles. The summed E-state index contributed by atoms with van der Waals surface area (Å²) in [6.07, 6.45) is 0.